The molecule has 1 N–H and O–H groups in total. The molecule has 122 valence electrons. The van der Waals surface area contributed by atoms with Crippen LogP contribution in [0.4, 0.5) is 0 Å². The summed E-state index contributed by atoms with van der Waals surface area (Å²) in [4.78, 5) is 8.03. The number of hydrogen-bond acceptors (Lipinski definition) is 2. The predicted molar refractivity (Wildman–Crippen MR) is 99.7 cm³/mol. The monoisotopic (exact) mass is 318 g/mol. The highest BCUT2D eigenvalue weighted by Crippen LogP contribution is 2.14. The summed E-state index contributed by atoms with van der Waals surface area (Å²) in [6.07, 6.45) is 12.3. The second-order valence-corrected chi connectivity index (χ2v) is 7.26. The summed E-state index contributed by atoms with van der Waals surface area (Å²) in [5.74, 6) is 3.61. The van der Waals surface area contributed by atoms with Crippen molar-refractivity contribution in [3.63, 3.8) is 0 Å². The molecule has 0 atom stereocenters. The van der Waals surface area contributed by atoms with Crippen LogP contribution in [0.1, 0.15) is 64.1 Å². The highest BCUT2D eigenvalue weighted by Gasteiger charge is 2.01. The minimum atomic E-state index is 1.05. The summed E-state index contributed by atoms with van der Waals surface area (Å²) >= 11 is 2.07. The number of H-pyrrole nitrogens is 1. The van der Waals surface area contributed by atoms with Crippen LogP contribution >= 0.6 is 11.8 Å². The Bertz CT molecular complexity index is 488. The summed E-state index contributed by atoms with van der Waals surface area (Å²) in [6, 6.07) is 8.27. The molecular weight excluding hydrogens is 288 g/mol. The first-order valence-electron chi connectivity index (χ1n) is 8.91. The Labute approximate surface area is 139 Å². The molecule has 0 amide bonds. The van der Waals surface area contributed by atoms with Gasteiger partial charge in [0.05, 0.1) is 11.0 Å². The van der Waals surface area contributed by atoms with Gasteiger partial charge in [0, 0.05) is 12.2 Å². The fourth-order valence-electron chi connectivity index (χ4n) is 2.73. The van der Waals surface area contributed by atoms with Crippen LogP contribution < -0.4 is 0 Å². The van der Waals surface area contributed by atoms with E-state index >= 15 is 0 Å². The third-order valence-corrected chi connectivity index (χ3v) is 5.13. The van der Waals surface area contributed by atoms with E-state index in [9.17, 15) is 0 Å². The molecule has 0 saturated heterocycles. The molecule has 0 aliphatic heterocycles. The van der Waals surface area contributed by atoms with Crippen molar-refractivity contribution in [1.82, 2.24) is 9.97 Å². The zero-order valence-electron chi connectivity index (χ0n) is 13.9. The Morgan fingerprint density at radius 2 is 1.64 bits per heavy atom. The molecular formula is C19H30N2S. The predicted octanol–water partition coefficient (Wildman–Crippen LogP) is 5.98. The lowest BCUT2D eigenvalue weighted by Gasteiger charge is -2.02. The van der Waals surface area contributed by atoms with Crippen LogP contribution in [0.2, 0.25) is 0 Å². The molecule has 0 saturated carbocycles. The van der Waals surface area contributed by atoms with Gasteiger partial charge in [-0.3, -0.25) is 0 Å². The van der Waals surface area contributed by atoms with Crippen LogP contribution in [0, 0.1) is 0 Å². The number of imidazole rings is 1. The van der Waals surface area contributed by atoms with Gasteiger partial charge in [0.15, 0.2) is 0 Å². The van der Waals surface area contributed by atoms with Crippen molar-refractivity contribution < 1.29 is 0 Å². The minimum absolute atomic E-state index is 1.05. The van der Waals surface area contributed by atoms with Gasteiger partial charge < -0.3 is 4.98 Å². The Morgan fingerprint density at radius 1 is 0.909 bits per heavy atom. The summed E-state index contributed by atoms with van der Waals surface area (Å²) in [7, 11) is 0. The second-order valence-electron chi connectivity index (χ2n) is 6.04. The fraction of sp³-hybridized carbons (Fsp3) is 0.632. The van der Waals surface area contributed by atoms with E-state index in [1.165, 1.54) is 62.9 Å². The third kappa shape index (κ3) is 6.43. The summed E-state index contributed by atoms with van der Waals surface area (Å²) in [6.45, 7) is 2.28. The standard InChI is InChI=1S/C19H30N2S/c1-2-3-4-5-6-7-8-11-15-22-16-14-19-20-17-12-9-10-13-18(17)21-19/h9-10,12-13H,2-8,11,14-16H2,1H3,(H,20,21). The Balaban J connectivity index is 1.46. The largest absolute Gasteiger partial charge is 0.342 e. The van der Waals surface area contributed by atoms with Gasteiger partial charge in [-0.1, -0.05) is 64.0 Å². The van der Waals surface area contributed by atoms with E-state index in [0.29, 0.717) is 0 Å². The van der Waals surface area contributed by atoms with Crippen molar-refractivity contribution in [1.29, 1.82) is 0 Å². The average molecular weight is 319 g/mol. The number of aromatic nitrogens is 2. The van der Waals surface area contributed by atoms with Gasteiger partial charge in [-0.2, -0.15) is 11.8 Å². The van der Waals surface area contributed by atoms with Crippen LogP contribution in [0.5, 0.6) is 0 Å². The lowest BCUT2D eigenvalue weighted by Crippen LogP contribution is -1.92. The number of hydrogen-bond donors (Lipinski definition) is 1. The highest BCUT2D eigenvalue weighted by atomic mass is 32.2. The van der Waals surface area contributed by atoms with Crippen molar-refractivity contribution in [3.05, 3.63) is 30.1 Å². The number of aromatic amines is 1. The van der Waals surface area contributed by atoms with Crippen molar-refractivity contribution in [3.8, 4) is 0 Å². The van der Waals surface area contributed by atoms with Crippen molar-refractivity contribution in [2.45, 2.75) is 64.7 Å². The van der Waals surface area contributed by atoms with Crippen LogP contribution in [0.25, 0.3) is 11.0 Å². The molecule has 2 rings (SSSR count). The fourth-order valence-corrected chi connectivity index (χ4v) is 3.68. The molecule has 0 bridgehead atoms. The Kier molecular flexibility index (Phi) is 8.47. The Morgan fingerprint density at radius 3 is 2.41 bits per heavy atom. The highest BCUT2D eigenvalue weighted by molar-refractivity contribution is 7.99. The molecule has 0 aliphatic carbocycles. The first-order chi connectivity index (χ1) is 10.9. The van der Waals surface area contributed by atoms with E-state index in [2.05, 4.69) is 46.9 Å². The van der Waals surface area contributed by atoms with Crippen molar-refractivity contribution >= 4 is 22.8 Å². The number of aryl methyl sites for hydroxylation is 1. The smallest absolute Gasteiger partial charge is 0.108 e. The SMILES string of the molecule is CCCCCCCCCCSCCc1nc2ccccc2[nH]1. The van der Waals surface area contributed by atoms with E-state index in [4.69, 9.17) is 0 Å². The van der Waals surface area contributed by atoms with E-state index in [1.54, 1.807) is 0 Å². The van der Waals surface area contributed by atoms with Gasteiger partial charge in [-0.05, 0) is 24.3 Å². The van der Waals surface area contributed by atoms with Crippen LogP contribution in [-0.4, -0.2) is 21.5 Å². The van der Waals surface area contributed by atoms with Gasteiger partial charge in [-0.15, -0.1) is 0 Å². The summed E-state index contributed by atoms with van der Waals surface area (Å²) in [5.41, 5.74) is 2.25. The number of nitrogens with one attached hydrogen (secondary N) is 1. The van der Waals surface area contributed by atoms with Crippen molar-refractivity contribution in [2.24, 2.45) is 0 Å². The van der Waals surface area contributed by atoms with Gasteiger partial charge >= 0.3 is 0 Å². The Hall–Kier alpha value is -0.960. The number of unbranched alkanes of at least 4 members (excludes halogenated alkanes) is 7. The number of para-hydroxylation sites is 2. The molecule has 1 heterocycles. The van der Waals surface area contributed by atoms with Crippen LogP contribution in [0.15, 0.2) is 24.3 Å². The third-order valence-electron chi connectivity index (χ3n) is 4.06. The van der Waals surface area contributed by atoms with Gasteiger partial charge in [-0.25, -0.2) is 4.98 Å². The lowest BCUT2D eigenvalue weighted by molar-refractivity contribution is 0.586. The molecule has 2 nitrogen and oxygen atoms in total. The number of benzene rings is 1. The maximum atomic E-state index is 4.63. The van der Waals surface area contributed by atoms with Crippen LogP contribution in [0.3, 0.4) is 0 Å². The topological polar surface area (TPSA) is 28.7 Å². The molecule has 0 fully saturated rings. The van der Waals surface area contributed by atoms with E-state index in [-0.39, 0.29) is 0 Å². The molecule has 3 heteroatoms. The summed E-state index contributed by atoms with van der Waals surface area (Å²) in [5, 5.41) is 0. The molecule has 1 aromatic carbocycles. The number of rotatable bonds is 12. The molecule has 22 heavy (non-hydrogen) atoms. The zero-order valence-corrected chi connectivity index (χ0v) is 14.8. The number of fused-ring (bicyclic) bond motifs is 1. The zero-order chi connectivity index (χ0) is 15.5. The number of nitrogens with zero attached hydrogens (tertiary/aromatic N) is 1. The summed E-state index contributed by atoms with van der Waals surface area (Å²) < 4.78 is 0. The molecule has 2 aromatic rings. The van der Waals surface area contributed by atoms with Gasteiger partial charge in [0.2, 0.25) is 0 Å². The molecule has 0 aliphatic rings. The van der Waals surface area contributed by atoms with Crippen molar-refractivity contribution in [2.75, 3.05) is 11.5 Å². The van der Waals surface area contributed by atoms with E-state index < -0.39 is 0 Å². The van der Waals surface area contributed by atoms with Gasteiger partial charge in [0.1, 0.15) is 5.82 Å². The first kappa shape index (κ1) is 17.4. The minimum Gasteiger partial charge on any atom is -0.342 e. The van der Waals surface area contributed by atoms with E-state index in [1.807, 2.05) is 6.07 Å². The maximum Gasteiger partial charge on any atom is 0.108 e. The first-order valence-corrected chi connectivity index (χ1v) is 10.1. The maximum absolute atomic E-state index is 4.63. The molecule has 0 unspecified atom stereocenters. The molecule has 0 radical (unpaired) electrons. The average Bonchev–Trinajstić information content (AvgIpc) is 2.95. The second kappa shape index (κ2) is 10.7. The molecule has 0 spiro atoms. The molecule has 1 aromatic heterocycles. The van der Waals surface area contributed by atoms with Crippen LogP contribution in [-0.2, 0) is 6.42 Å². The normalized spacial score (nSPS) is 11.3. The van der Waals surface area contributed by atoms with E-state index in [0.717, 1.165) is 23.3 Å². The van der Waals surface area contributed by atoms with Gasteiger partial charge in [0.25, 0.3) is 0 Å². The number of thioether (sulfide) groups is 1. The lowest BCUT2D eigenvalue weighted by atomic mass is 10.1. The quantitative estimate of drug-likeness (QED) is 0.488.